The van der Waals surface area contributed by atoms with E-state index in [4.69, 9.17) is 4.74 Å². The molecule has 0 spiro atoms. The van der Waals surface area contributed by atoms with Crippen LogP contribution in [-0.2, 0) is 11.2 Å². The van der Waals surface area contributed by atoms with E-state index < -0.39 is 0 Å². The standard InChI is InChI=1S/C17H21N3O2/c1-3-14(16(21)4-2)20-19-11-9-13-12-7-8-18-15(12)5-6-17(13)22-10-11/h5-7,11,14H,3-4,8-10H2,1-2H3. The van der Waals surface area contributed by atoms with E-state index in [2.05, 4.69) is 21.3 Å². The van der Waals surface area contributed by atoms with Crippen molar-refractivity contribution in [2.75, 3.05) is 13.2 Å². The first-order valence-electron chi connectivity index (χ1n) is 7.95. The van der Waals surface area contributed by atoms with Crippen LogP contribution in [0.15, 0.2) is 27.4 Å². The van der Waals surface area contributed by atoms with Gasteiger partial charge in [0.05, 0.1) is 11.9 Å². The summed E-state index contributed by atoms with van der Waals surface area (Å²) in [6, 6.07) is 3.66. The van der Waals surface area contributed by atoms with E-state index in [1.54, 1.807) is 0 Å². The number of carbonyl (C=O) groups is 1. The van der Waals surface area contributed by atoms with Crippen molar-refractivity contribution in [3.05, 3.63) is 28.3 Å². The van der Waals surface area contributed by atoms with Gasteiger partial charge in [0, 0.05) is 23.6 Å². The zero-order valence-corrected chi connectivity index (χ0v) is 13.1. The minimum atomic E-state index is -0.311. The fourth-order valence-corrected chi connectivity index (χ4v) is 2.92. The summed E-state index contributed by atoms with van der Waals surface area (Å²) in [5.41, 5.74) is 1.17. The topological polar surface area (TPSA) is 63.4 Å². The molecule has 0 aliphatic carbocycles. The van der Waals surface area contributed by atoms with Gasteiger partial charge in [-0.25, -0.2) is 0 Å². The lowest BCUT2D eigenvalue weighted by Crippen LogP contribution is -2.34. The molecule has 0 amide bonds. The van der Waals surface area contributed by atoms with Gasteiger partial charge in [0.1, 0.15) is 24.4 Å². The zero-order valence-electron chi connectivity index (χ0n) is 13.1. The molecule has 1 aromatic carbocycles. The number of fused-ring (bicyclic) bond motifs is 3. The second kappa shape index (κ2) is 6.38. The van der Waals surface area contributed by atoms with Crippen molar-refractivity contribution in [1.29, 1.82) is 0 Å². The fraction of sp³-hybridized carbons (Fsp3) is 0.529. The fourth-order valence-electron chi connectivity index (χ4n) is 2.92. The van der Waals surface area contributed by atoms with Crippen LogP contribution in [-0.4, -0.2) is 31.0 Å². The van der Waals surface area contributed by atoms with Crippen molar-refractivity contribution in [3.63, 3.8) is 0 Å². The molecule has 5 nitrogen and oxygen atoms in total. The van der Waals surface area contributed by atoms with Crippen LogP contribution >= 0.6 is 0 Å². The first-order valence-corrected chi connectivity index (χ1v) is 7.95. The van der Waals surface area contributed by atoms with Gasteiger partial charge < -0.3 is 4.74 Å². The molecule has 0 aromatic heterocycles. The van der Waals surface area contributed by atoms with Crippen LogP contribution in [0.4, 0.5) is 0 Å². The van der Waals surface area contributed by atoms with Crippen LogP contribution in [0, 0.1) is 0 Å². The summed E-state index contributed by atoms with van der Waals surface area (Å²) < 4.78 is 5.81. The third-order valence-electron chi connectivity index (χ3n) is 4.20. The van der Waals surface area contributed by atoms with Gasteiger partial charge in [0.25, 0.3) is 0 Å². The van der Waals surface area contributed by atoms with E-state index in [0.717, 1.165) is 24.1 Å². The number of carbonyl (C=O) groups excluding carboxylic acids is 1. The van der Waals surface area contributed by atoms with E-state index in [1.165, 1.54) is 10.8 Å². The van der Waals surface area contributed by atoms with Crippen molar-refractivity contribution >= 4 is 11.9 Å². The van der Waals surface area contributed by atoms with E-state index in [1.807, 2.05) is 26.0 Å². The number of benzene rings is 1. The third-order valence-corrected chi connectivity index (χ3v) is 4.20. The zero-order chi connectivity index (χ0) is 15.5. The van der Waals surface area contributed by atoms with Crippen LogP contribution in [0.2, 0.25) is 0 Å². The van der Waals surface area contributed by atoms with Gasteiger partial charge in [-0.2, -0.15) is 10.2 Å². The van der Waals surface area contributed by atoms with Crippen molar-refractivity contribution in [3.8, 4) is 5.75 Å². The Morgan fingerprint density at radius 2 is 2.32 bits per heavy atom. The van der Waals surface area contributed by atoms with Gasteiger partial charge in [0.15, 0.2) is 5.78 Å². The largest absolute Gasteiger partial charge is 0.491 e. The number of hydrogen-bond acceptors (Lipinski definition) is 5. The Balaban J connectivity index is 1.79. The number of hydrogen-bond donors (Lipinski definition) is 0. The maximum atomic E-state index is 11.8. The Morgan fingerprint density at radius 1 is 1.45 bits per heavy atom. The molecule has 2 atom stereocenters. The minimum absolute atomic E-state index is 0.0216. The quantitative estimate of drug-likeness (QED) is 0.775. The molecule has 22 heavy (non-hydrogen) atoms. The monoisotopic (exact) mass is 299 g/mol. The van der Waals surface area contributed by atoms with Gasteiger partial charge in [0.2, 0.25) is 0 Å². The van der Waals surface area contributed by atoms with Gasteiger partial charge in [-0.05, 0) is 18.6 Å². The Labute approximate surface area is 129 Å². The van der Waals surface area contributed by atoms with Crippen LogP contribution in [0.1, 0.15) is 32.3 Å². The first kappa shape index (κ1) is 14.9. The number of rotatable bonds is 5. The molecular weight excluding hydrogens is 278 g/mol. The Bertz CT molecular complexity index is 724. The Morgan fingerprint density at radius 3 is 3.09 bits per heavy atom. The summed E-state index contributed by atoms with van der Waals surface area (Å²) in [5, 5.41) is 10.9. The average Bonchev–Trinajstić information content (AvgIpc) is 3.04. The average molecular weight is 299 g/mol. The molecular formula is C17H21N3O2. The lowest BCUT2D eigenvalue weighted by molar-refractivity contribution is -0.120. The maximum Gasteiger partial charge on any atom is 0.158 e. The smallest absolute Gasteiger partial charge is 0.158 e. The SMILES string of the molecule is CCC(=O)C(CC)N=NC1COc2ccc3c(c2C1)=CCN=3. The van der Waals surface area contributed by atoms with Crippen molar-refractivity contribution < 1.29 is 9.53 Å². The number of ether oxygens (including phenoxy) is 1. The number of ketones is 1. The molecule has 3 rings (SSSR count). The molecule has 0 saturated carbocycles. The van der Waals surface area contributed by atoms with Crippen molar-refractivity contribution in [1.82, 2.24) is 0 Å². The molecule has 2 aliphatic rings. The maximum absolute atomic E-state index is 11.8. The van der Waals surface area contributed by atoms with Gasteiger partial charge in [-0.3, -0.25) is 9.79 Å². The molecule has 5 heteroatoms. The summed E-state index contributed by atoms with van der Waals surface area (Å²) in [6.07, 6.45) is 4.13. The highest BCUT2D eigenvalue weighted by Crippen LogP contribution is 2.22. The highest BCUT2D eigenvalue weighted by molar-refractivity contribution is 5.83. The molecule has 0 bridgehead atoms. The summed E-state index contributed by atoms with van der Waals surface area (Å²) in [7, 11) is 0. The molecule has 0 fully saturated rings. The van der Waals surface area contributed by atoms with Gasteiger partial charge in [-0.1, -0.05) is 19.9 Å². The molecule has 116 valence electrons. The van der Waals surface area contributed by atoms with Crippen molar-refractivity contribution in [2.45, 2.75) is 45.2 Å². The van der Waals surface area contributed by atoms with E-state index in [9.17, 15) is 4.79 Å². The Hall–Kier alpha value is -2.04. The van der Waals surface area contributed by atoms with Crippen LogP contribution in [0.25, 0.3) is 6.08 Å². The minimum Gasteiger partial charge on any atom is -0.491 e. The second-order valence-corrected chi connectivity index (χ2v) is 5.66. The molecule has 1 aromatic rings. The summed E-state index contributed by atoms with van der Waals surface area (Å²) in [5.74, 6) is 1.08. The van der Waals surface area contributed by atoms with Crippen LogP contribution < -0.4 is 15.3 Å². The molecule has 2 unspecified atom stereocenters. The summed E-state index contributed by atoms with van der Waals surface area (Å²) >= 11 is 0. The molecule has 2 heterocycles. The number of azo groups is 1. The first-order chi connectivity index (χ1) is 10.7. The predicted molar refractivity (Wildman–Crippen MR) is 83.8 cm³/mol. The van der Waals surface area contributed by atoms with Gasteiger partial charge >= 0.3 is 0 Å². The van der Waals surface area contributed by atoms with E-state index in [0.29, 0.717) is 19.4 Å². The molecule has 2 aliphatic heterocycles. The summed E-state index contributed by atoms with van der Waals surface area (Å²) in [4.78, 5) is 16.2. The normalized spacial score (nSPS) is 20.5. The highest BCUT2D eigenvalue weighted by atomic mass is 16.5. The lowest BCUT2D eigenvalue weighted by atomic mass is 10.0. The third kappa shape index (κ3) is 2.80. The molecule has 0 radical (unpaired) electrons. The van der Waals surface area contributed by atoms with Crippen molar-refractivity contribution in [2.24, 2.45) is 15.2 Å². The highest BCUT2D eigenvalue weighted by Gasteiger charge is 2.22. The predicted octanol–water partition coefficient (Wildman–Crippen LogP) is 1.61. The van der Waals surface area contributed by atoms with Crippen LogP contribution in [0.3, 0.4) is 0 Å². The second-order valence-electron chi connectivity index (χ2n) is 5.66. The van der Waals surface area contributed by atoms with Crippen LogP contribution in [0.5, 0.6) is 5.75 Å². The van der Waals surface area contributed by atoms with Gasteiger partial charge in [-0.15, -0.1) is 0 Å². The molecule has 0 N–H and O–H groups in total. The number of Topliss-reactive ketones (excluding diaryl/α,β-unsaturated/α-hetero) is 1. The summed E-state index contributed by atoms with van der Waals surface area (Å²) in [6.45, 7) is 5.08. The number of nitrogens with zero attached hydrogens (tertiary/aromatic N) is 3. The Kier molecular flexibility index (Phi) is 4.32. The molecule has 0 saturated heterocycles. The lowest BCUT2D eigenvalue weighted by Gasteiger charge is -2.22. The van der Waals surface area contributed by atoms with E-state index >= 15 is 0 Å². The van der Waals surface area contributed by atoms with E-state index in [-0.39, 0.29) is 17.9 Å².